The number of Topliss-reactive ketones (excluding diaryl/α,β-unsaturated/α-hetero) is 1. The first-order chi connectivity index (χ1) is 9.92. The molecule has 0 saturated carbocycles. The fourth-order valence-electron chi connectivity index (χ4n) is 2.61. The Balaban J connectivity index is 0.00000242. The molecule has 6 heteroatoms. The van der Waals surface area contributed by atoms with E-state index < -0.39 is 12.1 Å². The van der Waals surface area contributed by atoms with E-state index >= 15 is 0 Å². The average molecular weight is 328 g/mol. The summed E-state index contributed by atoms with van der Waals surface area (Å²) in [6.45, 7) is 2.71. The van der Waals surface area contributed by atoms with Gasteiger partial charge in [-0.15, -0.1) is 12.4 Å². The Hall–Kier alpha value is -1.59. The number of carboxylic acid groups (broad SMARTS) is 1. The summed E-state index contributed by atoms with van der Waals surface area (Å²) >= 11 is 0. The maximum atomic E-state index is 12.5. The first-order valence-corrected chi connectivity index (χ1v) is 7.13. The Morgan fingerprint density at radius 3 is 2.64 bits per heavy atom. The van der Waals surface area contributed by atoms with Crippen molar-refractivity contribution < 1.29 is 19.4 Å². The van der Waals surface area contributed by atoms with Crippen molar-refractivity contribution in [2.24, 2.45) is 5.92 Å². The van der Waals surface area contributed by atoms with Crippen molar-refractivity contribution in [3.05, 3.63) is 29.3 Å². The number of benzene rings is 1. The van der Waals surface area contributed by atoms with Crippen LogP contribution >= 0.6 is 12.4 Å². The smallest absolute Gasteiger partial charge is 0.345 e. The van der Waals surface area contributed by atoms with Crippen LogP contribution in [0.3, 0.4) is 0 Å². The summed E-state index contributed by atoms with van der Waals surface area (Å²) in [7, 11) is 3.90. The Morgan fingerprint density at radius 1 is 1.41 bits per heavy atom. The largest absolute Gasteiger partial charge is 0.478 e. The van der Waals surface area contributed by atoms with Gasteiger partial charge >= 0.3 is 5.97 Å². The molecule has 0 spiro atoms. The second-order valence-electron chi connectivity index (χ2n) is 5.70. The highest BCUT2D eigenvalue weighted by Gasteiger charge is 2.30. The maximum Gasteiger partial charge on any atom is 0.345 e. The Morgan fingerprint density at radius 2 is 2.09 bits per heavy atom. The molecule has 1 aromatic rings. The minimum Gasteiger partial charge on any atom is -0.478 e. The van der Waals surface area contributed by atoms with E-state index in [0.29, 0.717) is 24.3 Å². The predicted molar refractivity (Wildman–Crippen MR) is 86.1 cm³/mol. The van der Waals surface area contributed by atoms with Crippen LogP contribution in [0.15, 0.2) is 18.2 Å². The van der Waals surface area contributed by atoms with Gasteiger partial charge in [-0.05, 0) is 44.3 Å². The number of carbonyl (C=O) groups is 2. The third-order valence-corrected chi connectivity index (χ3v) is 3.74. The molecule has 0 saturated heterocycles. The van der Waals surface area contributed by atoms with Crippen LogP contribution in [0.1, 0.15) is 29.3 Å². The van der Waals surface area contributed by atoms with E-state index in [0.717, 1.165) is 12.0 Å². The number of carboxylic acids is 1. The number of halogens is 1. The van der Waals surface area contributed by atoms with Gasteiger partial charge in [0.25, 0.3) is 0 Å². The minimum atomic E-state index is -0.974. The molecule has 0 amide bonds. The quantitative estimate of drug-likeness (QED) is 0.812. The number of nitrogens with zero attached hydrogens (tertiary/aromatic N) is 1. The molecule has 122 valence electrons. The van der Waals surface area contributed by atoms with E-state index in [9.17, 15) is 9.59 Å². The molecule has 5 nitrogen and oxygen atoms in total. The van der Waals surface area contributed by atoms with Gasteiger partial charge in [0, 0.05) is 24.4 Å². The van der Waals surface area contributed by atoms with Gasteiger partial charge in [0.2, 0.25) is 0 Å². The summed E-state index contributed by atoms with van der Waals surface area (Å²) in [5.74, 6) is -0.346. The maximum absolute atomic E-state index is 12.5. The normalized spacial score (nSPS) is 17.4. The summed E-state index contributed by atoms with van der Waals surface area (Å²) in [6.07, 6.45) is 0.257. The molecular formula is C16H22ClNO4. The van der Waals surface area contributed by atoms with Crippen LogP contribution in [-0.4, -0.2) is 48.5 Å². The van der Waals surface area contributed by atoms with Crippen molar-refractivity contribution in [2.45, 2.75) is 25.9 Å². The summed E-state index contributed by atoms with van der Waals surface area (Å²) in [4.78, 5) is 25.5. The predicted octanol–water partition coefficient (Wildman–Crippen LogP) is 2.27. The summed E-state index contributed by atoms with van der Waals surface area (Å²) in [5, 5.41) is 8.99. The molecule has 1 aromatic carbocycles. The average Bonchev–Trinajstić information content (AvgIpc) is 2.86. The monoisotopic (exact) mass is 327 g/mol. The van der Waals surface area contributed by atoms with Crippen LogP contribution < -0.4 is 4.74 Å². The Kier molecular flexibility index (Phi) is 6.38. The zero-order valence-electron chi connectivity index (χ0n) is 13.0. The first kappa shape index (κ1) is 18.5. The van der Waals surface area contributed by atoms with E-state index in [-0.39, 0.29) is 24.1 Å². The topological polar surface area (TPSA) is 66.8 Å². The van der Waals surface area contributed by atoms with Crippen molar-refractivity contribution in [1.82, 2.24) is 4.90 Å². The molecule has 2 atom stereocenters. The van der Waals surface area contributed by atoms with Crippen LogP contribution in [0.5, 0.6) is 5.75 Å². The van der Waals surface area contributed by atoms with Crippen LogP contribution in [0, 0.1) is 5.92 Å². The number of aliphatic carboxylic acids is 1. The molecule has 1 aliphatic rings. The highest BCUT2D eigenvalue weighted by atomic mass is 35.5. The second kappa shape index (κ2) is 7.61. The van der Waals surface area contributed by atoms with Crippen LogP contribution in [-0.2, 0) is 11.2 Å². The lowest BCUT2D eigenvalue weighted by molar-refractivity contribution is -0.144. The molecule has 0 aliphatic carbocycles. The Bertz CT molecular complexity index is 559. The fourth-order valence-corrected chi connectivity index (χ4v) is 2.61. The van der Waals surface area contributed by atoms with Crippen LogP contribution in [0.4, 0.5) is 0 Å². The fraction of sp³-hybridized carbons (Fsp3) is 0.500. The molecule has 1 N–H and O–H groups in total. The van der Waals surface area contributed by atoms with Crippen LogP contribution in [0.25, 0.3) is 0 Å². The number of ketones is 1. The minimum absolute atomic E-state index is 0. The van der Waals surface area contributed by atoms with Gasteiger partial charge in [0.05, 0.1) is 0 Å². The van der Waals surface area contributed by atoms with Gasteiger partial charge < -0.3 is 14.7 Å². The SMILES string of the molecule is CCC(CN(C)C)C(=O)c1ccc2c(c1)CC(C(=O)O)O2.Cl. The third kappa shape index (κ3) is 3.99. The van der Waals surface area contributed by atoms with Gasteiger partial charge in [0.1, 0.15) is 5.75 Å². The van der Waals surface area contributed by atoms with Crippen molar-refractivity contribution in [1.29, 1.82) is 0 Å². The standard InChI is InChI=1S/C16H21NO4.ClH/c1-4-10(9-17(2)3)15(18)11-5-6-13-12(7-11)8-14(21-13)16(19)20;/h5-7,10,14H,4,8-9H2,1-3H3,(H,19,20);1H. The van der Waals surface area contributed by atoms with Crippen molar-refractivity contribution in [3.63, 3.8) is 0 Å². The molecule has 2 unspecified atom stereocenters. The number of carbonyl (C=O) groups excluding carboxylic acids is 1. The van der Waals surface area contributed by atoms with E-state index in [1.807, 2.05) is 25.9 Å². The number of rotatable bonds is 6. The van der Waals surface area contributed by atoms with Gasteiger partial charge in [0.15, 0.2) is 11.9 Å². The van der Waals surface area contributed by atoms with E-state index in [1.165, 1.54) is 0 Å². The summed E-state index contributed by atoms with van der Waals surface area (Å²) in [5.41, 5.74) is 1.44. The van der Waals surface area contributed by atoms with Crippen LogP contribution in [0.2, 0.25) is 0 Å². The molecule has 0 aromatic heterocycles. The molecule has 1 aliphatic heterocycles. The molecular weight excluding hydrogens is 306 g/mol. The van der Waals surface area contributed by atoms with Crippen molar-refractivity contribution in [2.75, 3.05) is 20.6 Å². The molecule has 22 heavy (non-hydrogen) atoms. The van der Waals surface area contributed by atoms with E-state index in [1.54, 1.807) is 18.2 Å². The van der Waals surface area contributed by atoms with Gasteiger partial charge in [-0.25, -0.2) is 4.79 Å². The highest BCUT2D eigenvalue weighted by Crippen LogP contribution is 2.30. The van der Waals surface area contributed by atoms with Gasteiger partial charge in [-0.1, -0.05) is 6.92 Å². The lowest BCUT2D eigenvalue weighted by Crippen LogP contribution is -2.27. The molecule has 0 fully saturated rings. The highest BCUT2D eigenvalue weighted by molar-refractivity contribution is 5.98. The van der Waals surface area contributed by atoms with Gasteiger partial charge in [-0.2, -0.15) is 0 Å². The first-order valence-electron chi connectivity index (χ1n) is 7.13. The summed E-state index contributed by atoms with van der Waals surface area (Å²) < 4.78 is 5.34. The molecule has 0 radical (unpaired) electrons. The van der Waals surface area contributed by atoms with Gasteiger partial charge in [-0.3, -0.25) is 4.79 Å². The van der Waals surface area contributed by atoms with Crippen molar-refractivity contribution in [3.8, 4) is 5.75 Å². The molecule has 2 rings (SSSR count). The Labute approximate surface area is 136 Å². The van der Waals surface area contributed by atoms with E-state index in [4.69, 9.17) is 9.84 Å². The number of hydrogen-bond donors (Lipinski definition) is 1. The lowest BCUT2D eigenvalue weighted by Gasteiger charge is -2.18. The zero-order valence-corrected chi connectivity index (χ0v) is 13.9. The third-order valence-electron chi connectivity index (χ3n) is 3.74. The number of hydrogen-bond acceptors (Lipinski definition) is 4. The lowest BCUT2D eigenvalue weighted by atomic mass is 9.93. The molecule has 0 bridgehead atoms. The molecule has 1 heterocycles. The second-order valence-corrected chi connectivity index (χ2v) is 5.70. The van der Waals surface area contributed by atoms with E-state index in [2.05, 4.69) is 0 Å². The zero-order chi connectivity index (χ0) is 15.6. The van der Waals surface area contributed by atoms with Crippen molar-refractivity contribution >= 4 is 24.2 Å². The summed E-state index contributed by atoms with van der Waals surface area (Å²) in [6, 6.07) is 5.20. The number of ether oxygens (including phenoxy) is 1. The number of fused-ring (bicyclic) bond motifs is 1.